The molecule has 0 bridgehead atoms. The minimum atomic E-state index is -0.0465. The molecule has 0 aromatic carbocycles. The van der Waals surface area contributed by atoms with Crippen molar-refractivity contribution in [3.05, 3.63) is 27.7 Å². The van der Waals surface area contributed by atoms with Crippen LogP contribution in [0, 0.1) is 0 Å². The lowest BCUT2D eigenvalue weighted by molar-refractivity contribution is -0.117. The molecule has 1 aromatic heterocycles. The Morgan fingerprint density at radius 2 is 2.14 bits per heavy atom. The van der Waals surface area contributed by atoms with Crippen LogP contribution in [0.3, 0.4) is 0 Å². The van der Waals surface area contributed by atoms with Gasteiger partial charge in [0.25, 0.3) is 0 Å². The molecule has 1 aliphatic carbocycles. The molecule has 1 atom stereocenters. The van der Waals surface area contributed by atoms with Gasteiger partial charge in [0.15, 0.2) is 0 Å². The number of nitrogens with zero attached hydrogens (tertiary/aromatic N) is 2. The third-order valence-corrected chi connectivity index (χ3v) is 4.92. The van der Waals surface area contributed by atoms with Gasteiger partial charge in [0.2, 0.25) is 5.91 Å². The van der Waals surface area contributed by atoms with E-state index in [9.17, 15) is 4.79 Å². The van der Waals surface area contributed by atoms with Crippen LogP contribution in [0.25, 0.3) is 0 Å². The number of rotatable bonds is 5. The Bertz CT molecular complexity index is 484. The first-order valence-corrected chi connectivity index (χ1v) is 8.48. The lowest BCUT2D eigenvalue weighted by atomic mass is 10.2. The van der Waals surface area contributed by atoms with Crippen molar-refractivity contribution in [2.75, 3.05) is 20.6 Å². The van der Waals surface area contributed by atoms with Crippen molar-refractivity contribution in [3.63, 3.8) is 0 Å². The van der Waals surface area contributed by atoms with Crippen LogP contribution in [-0.4, -0.2) is 36.4 Å². The highest BCUT2D eigenvalue weighted by Crippen LogP contribution is 2.29. The van der Waals surface area contributed by atoms with E-state index in [-0.39, 0.29) is 11.9 Å². The van der Waals surface area contributed by atoms with E-state index in [0.29, 0.717) is 0 Å². The molecule has 1 aliphatic rings. The molecule has 2 rings (SSSR count). The summed E-state index contributed by atoms with van der Waals surface area (Å²) < 4.78 is 0. The maximum absolute atomic E-state index is 11.9. The third kappa shape index (κ3) is 4.93. The van der Waals surface area contributed by atoms with Crippen molar-refractivity contribution >= 4 is 17.2 Å². The Kier molecular flexibility index (Phi) is 5.94. The van der Waals surface area contributed by atoms with Crippen LogP contribution in [0.2, 0.25) is 0 Å². The van der Waals surface area contributed by atoms with Gasteiger partial charge in [0, 0.05) is 17.5 Å². The Morgan fingerprint density at radius 3 is 2.90 bits per heavy atom. The number of amides is 1. The van der Waals surface area contributed by atoms with Gasteiger partial charge in [-0.15, -0.1) is 11.3 Å². The predicted octanol–water partition coefficient (Wildman–Crippen LogP) is 2.71. The zero-order chi connectivity index (χ0) is 15.2. The van der Waals surface area contributed by atoms with E-state index in [1.54, 1.807) is 17.4 Å². The van der Waals surface area contributed by atoms with E-state index in [1.807, 2.05) is 32.0 Å². The highest BCUT2D eigenvalue weighted by molar-refractivity contribution is 7.11. The maximum atomic E-state index is 11.9. The summed E-state index contributed by atoms with van der Waals surface area (Å²) in [5, 5.41) is 4.04. The molecule has 5 heteroatoms. The van der Waals surface area contributed by atoms with Gasteiger partial charge < -0.3 is 10.2 Å². The second-order valence-corrected chi connectivity index (χ2v) is 6.99. The predicted molar refractivity (Wildman–Crippen MR) is 87.6 cm³/mol. The van der Waals surface area contributed by atoms with E-state index in [4.69, 9.17) is 4.98 Å². The average molecular weight is 307 g/mol. The molecule has 0 saturated heterocycles. The number of carbonyl (C=O) groups excluding carboxylic acids is 1. The van der Waals surface area contributed by atoms with Crippen LogP contribution < -0.4 is 5.32 Å². The van der Waals surface area contributed by atoms with Crippen molar-refractivity contribution in [1.29, 1.82) is 0 Å². The van der Waals surface area contributed by atoms with Crippen molar-refractivity contribution in [2.24, 2.45) is 0 Å². The fourth-order valence-electron chi connectivity index (χ4n) is 2.43. The topological polar surface area (TPSA) is 45.2 Å². The normalized spacial score (nSPS) is 16.8. The monoisotopic (exact) mass is 307 g/mol. The number of fused-ring (bicyclic) bond motifs is 1. The van der Waals surface area contributed by atoms with Crippen molar-refractivity contribution in [3.8, 4) is 0 Å². The summed E-state index contributed by atoms with van der Waals surface area (Å²) in [5.41, 5.74) is 1.26. The summed E-state index contributed by atoms with van der Waals surface area (Å²) in [5.74, 6) is -0.0465. The van der Waals surface area contributed by atoms with E-state index < -0.39 is 0 Å². The number of hydrogen-bond donors (Lipinski definition) is 1. The number of hydrogen-bond acceptors (Lipinski definition) is 4. The van der Waals surface area contributed by atoms with Gasteiger partial charge in [-0.25, -0.2) is 4.98 Å². The Morgan fingerprint density at radius 1 is 1.38 bits per heavy atom. The molecule has 0 saturated carbocycles. The second kappa shape index (κ2) is 7.71. The lowest BCUT2D eigenvalue weighted by Crippen LogP contribution is -2.25. The second-order valence-electron chi connectivity index (χ2n) is 5.88. The smallest absolute Gasteiger partial charge is 0.244 e. The standard InChI is InChI=1S/C16H25N3OS/c1-12(17-15(20)10-7-11-19(2)3)16-18-13-8-5-4-6-9-14(13)21-16/h7,10,12H,4-6,8-9,11H2,1-3H3,(H,17,20)/b10-7+. The van der Waals surface area contributed by atoms with Gasteiger partial charge >= 0.3 is 0 Å². The molecule has 1 amide bonds. The maximum Gasteiger partial charge on any atom is 0.244 e. The van der Waals surface area contributed by atoms with Crippen LogP contribution in [-0.2, 0) is 17.6 Å². The summed E-state index contributed by atoms with van der Waals surface area (Å²) in [6.45, 7) is 2.78. The van der Waals surface area contributed by atoms with Crippen LogP contribution in [0.1, 0.15) is 47.8 Å². The Balaban J connectivity index is 1.92. The first kappa shape index (κ1) is 16.2. The van der Waals surface area contributed by atoms with E-state index in [1.165, 1.54) is 29.8 Å². The largest absolute Gasteiger partial charge is 0.344 e. The molecule has 0 spiro atoms. The van der Waals surface area contributed by atoms with Crippen LogP contribution in [0.15, 0.2) is 12.2 Å². The molecule has 4 nitrogen and oxygen atoms in total. The minimum absolute atomic E-state index is 0.0153. The molecule has 1 heterocycles. The Labute approximate surface area is 131 Å². The molecule has 1 aromatic rings. The molecule has 0 fully saturated rings. The van der Waals surface area contributed by atoms with Gasteiger partial charge in [-0.1, -0.05) is 12.5 Å². The van der Waals surface area contributed by atoms with Gasteiger partial charge in [0.1, 0.15) is 5.01 Å². The third-order valence-electron chi connectivity index (χ3n) is 3.58. The summed E-state index contributed by atoms with van der Waals surface area (Å²) in [4.78, 5) is 20.1. The molecule has 0 aliphatic heterocycles. The van der Waals surface area contributed by atoms with Gasteiger partial charge in [-0.2, -0.15) is 0 Å². The fourth-order valence-corrected chi connectivity index (χ4v) is 3.58. The summed E-state index contributed by atoms with van der Waals surface area (Å²) in [6.07, 6.45) is 9.54. The number of aromatic nitrogens is 1. The molecule has 1 N–H and O–H groups in total. The highest BCUT2D eigenvalue weighted by Gasteiger charge is 2.18. The number of aryl methyl sites for hydroxylation is 2. The zero-order valence-corrected chi connectivity index (χ0v) is 14.0. The quantitative estimate of drug-likeness (QED) is 0.672. The van der Waals surface area contributed by atoms with E-state index >= 15 is 0 Å². The van der Waals surface area contributed by atoms with Crippen LogP contribution in [0.5, 0.6) is 0 Å². The molecule has 21 heavy (non-hydrogen) atoms. The van der Waals surface area contributed by atoms with Crippen LogP contribution >= 0.6 is 11.3 Å². The molecule has 116 valence electrons. The molecule has 0 radical (unpaired) electrons. The minimum Gasteiger partial charge on any atom is -0.344 e. The van der Waals surface area contributed by atoms with E-state index in [2.05, 4.69) is 5.32 Å². The summed E-state index contributed by atoms with van der Waals surface area (Å²) in [6, 6.07) is -0.0153. The van der Waals surface area contributed by atoms with Crippen molar-refractivity contribution in [1.82, 2.24) is 15.2 Å². The van der Waals surface area contributed by atoms with Gasteiger partial charge in [-0.05, 0) is 46.7 Å². The fraction of sp³-hybridized carbons (Fsp3) is 0.625. The van der Waals surface area contributed by atoms with Gasteiger partial charge in [0.05, 0.1) is 11.7 Å². The summed E-state index contributed by atoms with van der Waals surface area (Å²) in [7, 11) is 3.96. The number of likely N-dealkylation sites (N-methyl/N-ethyl adjacent to an activating group) is 1. The summed E-state index contributed by atoms with van der Waals surface area (Å²) >= 11 is 1.77. The molecule has 1 unspecified atom stereocenters. The molecular formula is C16H25N3OS. The number of thiazole rings is 1. The lowest BCUT2D eigenvalue weighted by Gasteiger charge is -2.09. The van der Waals surface area contributed by atoms with Gasteiger partial charge in [-0.3, -0.25) is 4.79 Å². The van der Waals surface area contributed by atoms with Crippen LogP contribution in [0.4, 0.5) is 0 Å². The first-order valence-electron chi connectivity index (χ1n) is 7.66. The first-order chi connectivity index (χ1) is 10.1. The zero-order valence-electron chi connectivity index (χ0n) is 13.2. The van der Waals surface area contributed by atoms with Crippen molar-refractivity contribution < 1.29 is 4.79 Å². The average Bonchev–Trinajstić information content (AvgIpc) is 2.70. The van der Waals surface area contributed by atoms with E-state index in [0.717, 1.165) is 24.4 Å². The van der Waals surface area contributed by atoms with Crippen molar-refractivity contribution in [2.45, 2.75) is 45.1 Å². The SMILES string of the molecule is CC(NC(=O)/C=C/CN(C)C)c1nc2c(s1)CCCCC2. The Hall–Kier alpha value is -1.20. The molecular weight excluding hydrogens is 282 g/mol. The number of nitrogens with one attached hydrogen (secondary N) is 1. The highest BCUT2D eigenvalue weighted by atomic mass is 32.1. The number of carbonyl (C=O) groups is 1.